The molecule has 33 heavy (non-hydrogen) atoms. The first-order valence-electron chi connectivity index (χ1n) is 10.3. The van der Waals surface area contributed by atoms with Crippen LogP contribution in [0.5, 0.6) is 0 Å². The molecule has 0 aliphatic heterocycles. The number of carbonyl (C=O) groups is 1. The van der Waals surface area contributed by atoms with Crippen molar-refractivity contribution >= 4 is 59.9 Å². The summed E-state index contributed by atoms with van der Waals surface area (Å²) in [7, 11) is -8.05. The number of sulfone groups is 2. The third-order valence-electron chi connectivity index (χ3n) is 4.81. The average Bonchev–Trinajstić information content (AvgIpc) is 3.12. The number of carbonyl (C=O) groups excluding carboxylic acids is 1. The van der Waals surface area contributed by atoms with Gasteiger partial charge in [-0.25, -0.2) is 22.3 Å². The topological polar surface area (TPSA) is 114 Å². The van der Waals surface area contributed by atoms with E-state index in [1.165, 1.54) is 22.9 Å². The molecule has 1 amide bonds. The first kappa shape index (κ1) is 25.4. The molecule has 0 saturated heterocycles. The van der Waals surface area contributed by atoms with Crippen LogP contribution in [0.25, 0.3) is 5.52 Å². The Kier molecular flexibility index (Phi) is 7.96. The second-order valence-electron chi connectivity index (χ2n) is 7.32. The third-order valence-corrected chi connectivity index (χ3v) is 9.87. The van der Waals surface area contributed by atoms with E-state index in [9.17, 15) is 21.6 Å². The minimum absolute atomic E-state index is 0.146. The van der Waals surface area contributed by atoms with Crippen LogP contribution in [0, 0.1) is 3.57 Å². The minimum Gasteiger partial charge on any atom is -0.310 e. The molecule has 3 rings (SSSR count). The summed E-state index contributed by atoms with van der Waals surface area (Å²) in [4.78, 5) is 12.4. The van der Waals surface area contributed by atoms with Crippen LogP contribution in [0.15, 0.2) is 63.6 Å². The van der Waals surface area contributed by atoms with Gasteiger partial charge in [-0.2, -0.15) is 5.10 Å². The zero-order valence-electron chi connectivity index (χ0n) is 18.2. The molecule has 0 fully saturated rings. The molecule has 176 valence electrons. The second kappa shape index (κ2) is 10.3. The fourth-order valence-electron chi connectivity index (χ4n) is 3.49. The Morgan fingerprint density at radius 2 is 1.58 bits per heavy atom. The molecular formula is C22H24IN3O5S2. The number of fused-ring (bicyclic) bond motifs is 1. The zero-order chi connectivity index (χ0) is 24.2. The lowest BCUT2D eigenvalue weighted by Crippen LogP contribution is -2.23. The quantitative estimate of drug-likeness (QED) is 0.229. The van der Waals surface area contributed by atoms with Crippen LogP contribution in [-0.2, 0) is 19.7 Å². The van der Waals surface area contributed by atoms with Gasteiger partial charge < -0.3 is 4.40 Å². The van der Waals surface area contributed by atoms with E-state index in [1.54, 1.807) is 26.0 Å². The van der Waals surface area contributed by atoms with Gasteiger partial charge in [0.05, 0.1) is 23.2 Å². The van der Waals surface area contributed by atoms with E-state index in [-0.39, 0.29) is 34.0 Å². The van der Waals surface area contributed by atoms with Crippen LogP contribution in [0.3, 0.4) is 0 Å². The van der Waals surface area contributed by atoms with Crippen molar-refractivity contribution in [3.8, 4) is 0 Å². The lowest BCUT2D eigenvalue weighted by Gasteiger charge is -2.08. The van der Waals surface area contributed by atoms with Crippen molar-refractivity contribution in [3.05, 3.63) is 63.5 Å². The van der Waals surface area contributed by atoms with E-state index in [2.05, 4.69) is 33.1 Å². The predicted molar refractivity (Wildman–Crippen MR) is 136 cm³/mol. The van der Waals surface area contributed by atoms with Gasteiger partial charge in [-0.15, -0.1) is 0 Å². The lowest BCUT2D eigenvalue weighted by molar-refractivity contribution is 0.0945. The molecule has 2 aromatic heterocycles. The molecule has 0 unspecified atom stereocenters. The van der Waals surface area contributed by atoms with E-state index in [1.807, 2.05) is 24.3 Å². The molecule has 0 aliphatic carbocycles. The Hall–Kier alpha value is -2.25. The molecule has 1 N–H and O–H groups in total. The minimum atomic E-state index is -4.08. The van der Waals surface area contributed by atoms with Crippen molar-refractivity contribution in [1.29, 1.82) is 0 Å². The normalized spacial score (nSPS) is 12.5. The van der Waals surface area contributed by atoms with Crippen molar-refractivity contribution in [3.63, 3.8) is 0 Å². The SMILES string of the molecule is CCCS(=O)(=O)c1c(S(=O)(=O)CCC)c2ccccn2c1C(=O)NN=Cc1ccccc1I. The van der Waals surface area contributed by atoms with E-state index in [4.69, 9.17) is 0 Å². The highest BCUT2D eigenvalue weighted by molar-refractivity contribution is 14.1. The van der Waals surface area contributed by atoms with Gasteiger partial charge in [-0.05, 0) is 53.6 Å². The molecule has 0 spiro atoms. The molecule has 0 saturated carbocycles. The monoisotopic (exact) mass is 601 g/mol. The van der Waals surface area contributed by atoms with Gasteiger partial charge in [0.25, 0.3) is 5.91 Å². The summed E-state index contributed by atoms with van der Waals surface area (Å²) >= 11 is 2.13. The summed E-state index contributed by atoms with van der Waals surface area (Å²) in [5, 5.41) is 3.98. The largest absolute Gasteiger partial charge is 0.310 e. The van der Waals surface area contributed by atoms with Gasteiger partial charge in [-0.1, -0.05) is 38.1 Å². The highest BCUT2D eigenvalue weighted by Gasteiger charge is 2.36. The highest BCUT2D eigenvalue weighted by Crippen LogP contribution is 2.34. The van der Waals surface area contributed by atoms with Crippen LogP contribution in [0.4, 0.5) is 0 Å². The van der Waals surface area contributed by atoms with Crippen LogP contribution in [0.2, 0.25) is 0 Å². The summed E-state index contributed by atoms with van der Waals surface area (Å²) in [5.41, 5.74) is 3.01. The zero-order valence-corrected chi connectivity index (χ0v) is 21.9. The Labute approximate surface area is 207 Å². The number of halogens is 1. The van der Waals surface area contributed by atoms with Crippen LogP contribution in [-0.4, -0.2) is 44.9 Å². The second-order valence-corrected chi connectivity index (χ2v) is 12.6. The number of amides is 1. The standard InChI is InChI=1S/C22H24IN3O5S2/c1-3-13-32(28,29)20-18-11-7-8-12-26(18)19(21(20)33(30,31)14-4-2)22(27)25-24-15-16-9-5-6-10-17(16)23/h5-12,15H,3-4,13-14H2,1-2H3,(H,25,27). The van der Waals surface area contributed by atoms with Gasteiger partial charge in [0, 0.05) is 15.3 Å². The molecule has 0 aliphatic rings. The van der Waals surface area contributed by atoms with Crippen LogP contribution in [0.1, 0.15) is 42.7 Å². The van der Waals surface area contributed by atoms with Gasteiger partial charge >= 0.3 is 0 Å². The van der Waals surface area contributed by atoms with Crippen molar-refractivity contribution in [1.82, 2.24) is 9.83 Å². The van der Waals surface area contributed by atoms with Crippen molar-refractivity contribution in [2.24, 2.45) is 5.10 Å². The fourth-order valence-corrected chi connectivity index (χ4v) is 8.00. The third kappa shape index (κ3) is 5.30. The Bertz CT molecular complexity index is 1430. The summed E-state index contributed by atoms with van der Waals surface area (Å²) < 4.78 is 55.0. The van der Waals surface area contributed by atoms with Crippen molar-refractivity contribution < 1.29 is 21.6 Å². The average molecular weight is 601 g/mol. The van der Waals surface area contributed by atoms with E-state index < -0.39 is 30.5 Å². The maximum atomic E-state index is 13.2. The summed E-state index contributed by atoms with van der Waals surface area (Å²) in [6.07, 6.45) is 3.50. The van der Waals surface area contributed by atoms with Crippen molar-refractivity contribution in [2.75, 3.05) is 11.5 Å². The molecule has 8 nitrogen and oxygen atoms in total. The molecular weight excluding hydrogens is 577 g/mol. The number of nitrogens with one attached hydrogen (secondary N) is 1. The Balaban J connectivity index is 2.22. The molecule has 0 atom stereocenters. The fraction of sp³-hybridized carbons (Fsp3) is 0.273. The molecule has 1 aromatic carbocycles. The number of aromatic nitrogens is 1. The van der Waals surface area contributed by atoms with E-state index in [0.29, 0.717) is 6.42 Å². The predicted octanol–water partition coefficient (Wildman–Crippen LogP) is 3.68. The summed E-state index contributed by atoms with van der Waals surface area (Å²) in [5.74, 6) is -1.34. The van der Waals surface area contributed by atoms with Crippen LogP contribution >= 0.6 is 22.6 Å². The van der Waals surface area contributed by atoms with Gasteiger partial charge in [0.1, 0.15) is 15.5 Å². The summed E-state index contributed by atoms with van der Waals surface area (Å²) in [6, 6.07) is 12.1. The smallest absolute Gasteiger partial charge is 0.289 e. The van der Waals surface area contributed by atoms with Gasteiger partial charge in [-0.3, -0.25) is 4.79 Å². The maximum absolute atomic E-state index is 13.2. The molecule has 0 radical (unpaired) electrons. The highest BCUT2D eigenvalue weighted by atomic mass is 127. The first-order chi connectivity index (χ1) is 15.6. The van der Waals surface area contributed by atoms with E-state index in [0.717, 1.165) is 9.13 Å². The number of nitrogens with zero attached hydrogens (tertiary/aromatic N) is 2. The Morgan fingerprint density at radius 1 is 0.970 bits per heavy atom. The van der Waals surface area contributed by atoms with Crippen molar-refractivity contribution in [2.45, 2.75) is 36.5 Å². The Morgan fingerprint density at radius 3 is 2.21 bits per heavy atom. The lowest BCUT2D eigenvalue weighted by atomic mass is 10.2. The van der Waals surface area contributed by atoms with Gasteiger partial charge in [0.15, 0.2) is 19.7 Å². The summed E-state index contributed by atoms with van der Waals surface area (Å²) in [6.45, 7) is 3.38. The molecule has 11 heteroatoms. The number of benzene rings is 1. The molecule has 3 aromatic rings. The first-order valence-corrected chi connectivity index (χ1v) is 14.7. The number of hydrazone groups is 1. The van der Waals surface area contributed by atoms with E-state index >= 15 is 0 Å². The molecule has 2 heterocycles. The number of hydrogen-bond acceptors (Lipinski definition) is 6. The maximum Gasteiger partial charge on any atom is 0.289 e. The van der Waals surface area contributed by atoms with Gasteiger partial charge in [0.2, 0.25) is 0 Å². The number of pyridine rings is 1. The molecule has 0 bridgehead atoms. The number of hydrogen-bond donors (Lipinski definition) is 1. The van der Waals surface area contributed by atoms with Crippen LogP contribution < -0.4 is 5.43 Å². The number of rotatable bonds is 9.